The molecule has 1 aromatic heterocycles. The minimum atomic E-state index is -1.38. The Balaban J connectivity index is 1.44. The largest absolute Gasteiger partial charge is 0.479 e. The number of carboxylic acids is 1. The molecule has 0 saturated heterocycles. The van der Waals surface area contributed by atoms with Gasteiger partial charge in [0, 0.05) is 19.2 Å². The summed E-state index contributed by atoms with van der Waals surface area (Å²) in [5.41, 5.74) is 3.32. The molecule has 0 bridgehead atoms. The lowest BCUT2D eigenvalue weighted by atomic mass is 9.97. The lowest BCUT2D eigenvalue weighted by Gasteiger charge is -2.29. The minimum absolute atomic E-state index is 0.105. The van der Waals surface area contributed by atoms with Gasteiger partial charge in [-0.2, -0.15) is 5.10 Å². The van der Waals surface area contributed by atoms with Crippen LogP contribution in [0.5, 0.6) is 0 Å². The van der Waals surface area contributed by atoms with E-state index >= 15 is 0 Å². The van der Waals surface area contributed by atoms with Gasteiger partial charge in [-0.15, -0.1) is 0 Å². The molecule has 3 N–H and O–H groups in total. The molecule has 9 nitrogen and oxygen atoms in total. The van der Waals surface area contributed by atoms with Crippen molar-refractivity contribution in [2.75, 3.05) is 6.61 Å². The number of alkyl carbamates (subject to hydrolysis) is 1. The Labute approximate surface area is 203 Å². The van der Waals surface area contributed by atoms with Gasteiger partial charge in [-0.05, 0) is 41.7 Å². The number of rotatable bonds is 8. The Morgan fingerprint density at radius 2 is 1.69 bits per heavy atom. The van der Waals surface area contributed by atoms with E-state index in [1.54, 1.807) is 14.0 Å². The summed E-state index contributed by atoms with van der Waals surface area (Å²) in [6, 6.07) is 16.2. The molecule has 4 rings (SSSR count). The van der Waals surface area contributed by atoms with Crippen LogP contribution >= 0.6 is 0 Å². The molecule has 2 amide bonds. The van der Waals surface area contributed by atoms with E-state index in [9.17, 15) is 19.5 Å². The SMILES string of the molecule is CCC(C)(NC(=O)OCC1c2ccccc2-c2ccccc21)C(=O)NC(C(=O)O)c1ccnn1C. The van der Waals surface area contributed by atoms with Crippen molar-refractivity contribution in [2.24, 2.45) is 7.05 Å². The molecule has 1 heterocycles. The van der Waals surface area contributed by atoms with Crippen molar-refractivity contribution in [1.29, 1.82) is 0 Å². The number of aryl methyl sites for hydroxylation is 1. The van der Waals surface area contributed by atoms with Gasteiger partial charge in [0.25, 0.3) is 0 Å². The summed E-state index contributed by atoms with van der Waals surface area (Å²) in [5, 5.41) is 18.7. The van der Waals surface area contributed by atoms with Gasteiger partial charge in [0.2, 0.25) is 5.91 Å². The number of hydrogen-bond donors (Lipinski definition) is 3. The van der Waals surface area contributed by atoms with E-state index in [0.29, 0.717) is 5.69 Å². The van der Waals surface area contributed by atoms with E-state index in [1.807, 2.05) is 48.5 Å². The lowest BCUT2D eigenvalue weighted by molar-refractivity contribution is -0.143. The number of nitrogens with zero attached hydrogens (tertiary/aromatic N) is 2. The molecule has 182 valence electrons. The maximum Gasteiger partial charge on any atom is 0.408 e. The number of fused-ring (bicyclic) bond motifs is 3. The first kappa shape index (κ1) is 24.0. The van der Waals surface area contributed by atoms with E-state index in [4.69, 9.17) is 4.74 Å². The molecule has 3 aromatic rings. The lowest BCUT2D eigenvalue weighted by Crippen LogP contribution is -2.57. The number of benzene rings is 2. The molecule has 0 spiro atoms. The van der Waals surface area contributed by atoms with Crippen molar-refractivity contribution >= 4 is 18.0 Å². The molecule has 0 saturated carbocycles. The van der Waals surface area contributed by atoms with E-state index in [0.717, 1.165) is 22.3 Å². The Bertz CT molecular complexity index is 1220. The predicted molar refractivity (Wildman–Crippen MR) is 129 cm³/mol. The zero-order valence-corrected chi connectivity index (χ0v) is 19.8. The topological polar surface area (TPSA) is 123 Å². The van der Waals surface area contributed by atoms with Crippen LogP contribution in [0.1, 0.15) is 49.0 Å². The van der Waals surface area contributed by atoms with E-state index in [-0.39, 0.29) is 18.9 Å². The van der Waals surface area contributed by atoms with Crippen LogP contribution in [0.3, 0.4) is 0 Å². The molecule has 0 aliphatic heterocycles. The molecule has 1 aliphatic carbocycles. The van der Waals surface area contributed by atoms with Gasteiger partial charge in [-0.25, -0.2) is 9.59 Å². The summed E-state index contributed by atoms with van der Waals surface area (Å²) in [4.78, 5) is 37.6. The minimum Gasteiger partial charge on any atom is -0.479 e. The van der Waals surface area contributed by atoms with Gasteiger partial charge in [-0.3, -0.25) is 9.48 Å². The monoisotopic (exact) mass is 476 g/mol. The highest BCUT2D eigenvalue weighted by Crippen LogP contribution is 2.44. The fraction of sp³-hybridized carbons (Fsp3) is 0.308. The average molecular weight is 477 g/mol. The first-order valence-electron chi connectivity index (χ1n) is 11.4. The van der Waals surface area contributed by atoms with Gasteiger partial charge in [0.1, 0.15) is 12.1 Å². The summed E-state index contributed by atoms with van der Waals surface area (Å²) in [7, 11) is 1.59. The van der Waals surface area contributed by atoms with Crippen molar-refractivity contribution in [1.82, 2.24) is 20.4 Å². The zero-order valence-electron chi connectivity index (χ0n) is 19.8. The molecular formula is C26H28N4O5. The van der Waals surface area contributed by atoms with Gasteiger partial charge in [-0.1, -0.05) is 55.5 Å². The average Bonchev–Trinajstić information content (AvgIpc) is 3.41. The Morgan fingerprint density at radius 3 is 2.20 bits per heavy atom. The summed E-state index contributed by atoms with van der Waals surface area (Å²) >= 11 is 0. The first-order valence-corrected chi connectivity index (χ1v) is 11.4. The highest BCUT2D eigenvalue weighted by Gasteiger charge is 2.38. The fourth-order valence-corrected chi connectivity index (χ4v) is 4.39. The van der Waals surface area contributed by atoms with Crippen molar-refractivity contribution in [3.05, 3.63) is 77.6 Å². The van der Waals surface area contributed by atoms with Crippen LogP contribution in [-0.4, -0.2) is 45.0 Å². The molecular weight excluding hydrogens is 448 g/mol. The van der Waals surface area contributed by atoms with Gasteiger partial charge in [0.15, 0.2) is 6.04 Å². The summed E-state index contributed by atoms with van der Waals surface area (Å²) in [6.07, 6.45) is 0.922. The second-order valence-corrected chi connectivity index (χ2v) is 8.76. The van der Waals surface area contributed by atoms with Crippen LogP contribution in [0.15, 0.2) is 60.8 Å². The fourth-order valence-electron chi connectivity index (χ4n) is 4.39. The number of aliphatic carboxylic acids is 1. The van der Waals surface area contributed by atoms with Crippen molar-refractivity contribution in [3.63, 3.8) is 0 Å². The third-order valence-electron chi connectivity index (χ3n) is 6.61. The summed E-state index contributed by atoms with van der Waals surface area (Å²) in [5.74, 6) is -1.99. The Hall–Kier alpha value is -4.14. The third-order valence-corrected chi connectivity index (χ3v) is 6.61. The standard InChI is InChI=1S/C26H28N4O5/c1-4-26(2,24(33)28-22(23(31)32)21-13-14-27-30(21)3)29-25(34)35-15-20-18-11-7-5-9-16(18)17-10-6-8-12-19(17)20/h5-14,20,22H,4,15H2,1-3H3,(H,28,33)(H,29,34)(H,31,32). The van der Waals surface area contributed by atoms with E-state index < -0.39 is 29.6 Å². The Kier molecular flexibility index (Phi) is 6.59. The molecule has 0 fully saturated rings. The number of hydrogen-bond acceptors (Lipinski definition) is 5. The summed E-state index contributed by atoms with van der Waals surface area (Å²) < 4.78 is 6.95. The van der Waals surface area contributed by atoms with Gasteiger partial charge in [0.05, 0.1) is 5.69 Å². The van der Waals surface area contributed by atoms with Crippen LogP contribution in [0.4, 0.5) is 4.79 Å². The molecule has 9 heteroatoms. The summed E-state index contributed by atoms with van der Waals surface area (Å²) in [6.45, 7) is 3.36. The second-order valence-electron chi connectivity index (χ2n) is 8.76. The number of carbonyl (C=O) groups is 3. The molecule has 2 unspecified atom stereocenters. The number of ether oxygens (including phenoxy) is 1. The van der Waals surface area contributed by atoms with Crippen molar-refractivity contribution in [2.45, 2.75) is 37.8 Å². The molecule has 1 aliphatic rings. The third kappa shape index (κ3) is 4.62. The number of aromatic nitrogens is 2. The molecule has 0 radical (unpaired) electrons. The van der Waals surface area contributed by atoms with E-state index in [1.165, 1.54) is 23.9 Å². The van der Waals surface area contributed by atoms with Gasteiger partial charge < -0.3 is 20.5 Å². The number of carbonyl (C=O) groups excluding carboxylic acids is 2. The number of carboxylic acid groups (broad SMARTS) is 1. The number of amides is 2. The normalized spacial score (nSPS) is 14.8. The zero-order chi connectivity index (χ0) is 25.2. The van der Waals surface area contributed by atoms with Crippen LogP contribution in [0.25, 0.3) is 11.1 Å². The second kappa shape index (κ2) is 9.61. The number of nitrogens with one attached hydrogen (secondary N) is 2. The highest BCUT2D eigenvalue weighted by atomic mass is 16.5. The van der Waals surface area contributed by atoms with Gasteiger partial charge >= 0.3 is 12.1 Å². The molecule has 35 heavy (non-hydrogen) atoms. The van der Waals surface area contributed by atoms with Crippen molar-refractivity contribution in [3.8, 4) is 11.1 Å². The Morgan fingerprint density at radius 1 is 1.09 bits per heavy atom. The van der Waals surface area contributed by atoms with Crippen LogP contribution in [-0.2, 0) is 21.4 Å². The molecule has 2 atom stereocenters. The van der Waals surface area contributed by atoms with Crippen molar-refractivity contribution < 1.29 is 24.2 Å². The van der Waals surface area contributed by atoms with Crippen LogP contribution in [0.2, 0.25) is 0 Å². The van der Waals surface area contributed by atoms with Crippen LogP contribution in [0, 0.1) is 0 Å². The smallest absolute Gasteiger partial charge is 0.408 e. The van der Waals surface area contributed by atoms with E-state index in [2.05, 4.69) is 15.7 Å². The predicted octanol–water partition coefficient (Wildman–Crippen LogP) is 3.37. The first-order chi connectivity index (χ1) is 16.7. The maximum atomic E-state index is 13.1. The highest BCUT2D eigenvalue weighted by molar-refractivity contribution is 5.92. The maximum absolute atomic E-state index is 13.1. The van der Waals surface area contributed by atoms with Crippen LogP contribution < -0.4 is 10.6 Å². The quantitative estimate of drug-likeness (QED) is 0.458. The molecule has 2 aromatic carbocycles.